The van der Waals surface area contributed by atoms with E-state index in [0.717, 1.165) is 35.6 Å². The van der Waals surface area contributed by atoms with Crippen LogP contribution in [0.1, 0.15) is 48.5 Å². The van der Waals surface area contributed by atoms with Gasteiger partial charge in [-0.1, -0.05) is 62.2 Å². The Morgan fingerprint density at radius 3 is 2.39 bits per heavy atom. The number of anilines is 1. The summed E-state index contributed by atoms with van der Waals surface area (Å²) in [6.45, 7) is 1.78. The molecule has 0 saturated heterocycles. The van der Waals surface area contributed by atoms with Crippen LogP contribution in [0.4, 0.5) is 5.69 Å². The molecule has 0 bridgehead atoms. The van der Waals surface area contributed by atoms with Gasteiger partial charge in [-0.15, -0.1) is 0 Å². The Balaban J connectivity index is 1.50. The van der Waals surface area contributed by atoms with Gasteiger partial charge in [0.25, 0.3) is 0 Å². The SMILES string of the molecule is CCCCCC(=O)Nc1ccc(C(=O)COC(=O)Cc2cccc3ccccc23)cc1. The van der Waals surface area contributed by atoms with Crippen molar-refractivity contribution in [1.82, 2.24) is 0 Å². The summed E-state index contributed by atoms with van der Waals surface area (Å²) >= 11 is 0. The molecule has 0 aliphatic rings. The maximum absolute atomic E-state index is 12.4. The molecule has 0 aliphatic carbocycles. The monoisotopic (exact) mass is 417 g/mol. The molecule has 0 aliphatic heterocycles. The molecule has 31 heavy (non-hydrogen) atoms. The van der Waals surface area contributed by atoms with Crippen LogP contribution in [-0.4, -0.2) is 24.3 Å². The van der Waals surface area contributed by atoms with E-state index in [1.54, 1.807) is 24.3 Å². The van der Waals surface area contributed by atoms with E-state index < -0.39 is 5.97 Å². The van der Waals surface area contributed by atoms with Gasteiger partial charge < -0.3 is 10.1 Å². The van der Waals surface area contributed by atoms with Gasteiger partial charge in [0.1, 0.15) is 0 Å². The van der Waals surface area contributed by atoms with E-state index in [2.05, 4.69) is 12.2 Å². The molecule has 3 rings (SSSR count). The lowest BCUT2D eigenvalue weighted by molar-refractivity contribution is -0.141. The minimum Gasteiger partial charge on any atom is -0.457 e. The maximum atomic E-state index is 12.4. The maximum Gasteiger partial charge on any atom is 0.310 e. The van der Waals surface area contributed by atoms with Crippen molar-refractivity contribution in [2.24, 2.45) is 0 Å². The van der Waals surface area contributed by atoms with Crippen molar-refractivity contribution in [3.8, 4) is 0 Å². The Kier molecular flexibility index (Phi) is 7.93. The summed E-state index contributed by atoms with van der Waals surface area (Å²) in [4.78, 5) is 36.5. The van der Waals surface area contributed by atoms with E-state index in [4.69, 9.17) is 4.74 Å². The smallest absolute Gasteiger partial charge is 0.310 e. The summed E-state index contributed by atoms with van der Waals surface area (Å²) in [5.41, 5.74) is 1.95. The fourth-order valence-corrected chi connectivity index (χ4v) is 3.38. The second kappa shape index (κ2) is 11.1. The fourth-order valence-electron chi connectivity index (χ4n) is 3.38. The number of carbonyl (C=O) groups is 3. The molecule has 0 saturated carbocycles. The summed E-state index contributed by atoms with van der Waals surface area (Å²) < 4.78 is 5.20. The number of carbonyl (C=O) groups excluding carboxylic acids is 3. The first-order valence-electron chi connectivity index (χ1n) is 10.6. The van der Waals surface area contributed by atoms with Gasteiger partial charge in [-0.3, -0.25) is 14.4 Å². The Morgan fingerprint density at radius 1 is 0.871 bits per heavy atom. The Morgan fingerprint density at radius 2 is 1.61 bits per heavy atom. The normalized spacial score (nSPS) is 10.6. The van der Waals surface area contributed by atoms with Crippen LogP contribution in [0.25, 0.3) is 10.8 Å². The molecule has 0 spiro atoms. The van der Waals surface area contributed by atoms with Gasteiger partial charge >= 0.3 is 5.97 Å². The molecule has 0 radical (unpaired) electrons. The first-order valence-corrected chi connectivity index (χ1v) is 10.6. The highest BCUT2D eigenvalue weighted by Crippen LogP contribution is 2.19. The lowest BCUT2D eigenvalue weighted by Crippen LogP contribution is -2.16. The predicted octanol–water partition coefficient (Wildman–Crippen LogP) is 5.33. The lowest BCUT2D eigenvalue weighted by atomic mass is 10.0. The number of unbranched alkanes of at least 4 members (excludes halogenated alkanes) is 2. The summed E-state index contributed by atoms with van der Waals surface area (Å²) in [6.07, 6.45) is 3.55. The zero-order valence-electron chi connectivity index (χ0n) is 17.7. The second-order valence-corrected chi connectivity index (χ2v) is 7.48. The minimum atomic E-state index is -0.444. The third kappa shape index (κ3) is 6.51. The van der Waals surface area contributed by atoms with Crippen LogP contribution >= 0.6 is 0 Å². The molecular weight excluding hydrogens is 390 g/mol. The number of ether oxygens (including phenoxy) is 1. The van der Waals surface area contributed by atoms with Gasteiger partial charge in [-0.2, -0.15) is 0 Å². The van der Waals surface area contributed by atoms with Crippen LogP contribution in [0.3, 0.4) is 0 Å². The van der Waals surface area contributed by atoms with Crippen LogP contribution in [0.15, 0.2) is 66.7 Å². The summed E-state index contributed by atoms with van der Waals surface area (Å²) in [5.74, 6) is -0.761. The number of Topliss-reactive ketones (excluding diaryl/α,β-unsaturated/α-hetero) is 1. The van der Waals surface area contributed by atoms with Gasteiger partial charge in [-0.05, 0) is 47.0 Å². The zero-order chi connectivity index (χ0) is 22.1. The van der Waals surface area contributed by atoms with Crippen molar-refractivity contribution in [3.63, 3.8) is 0 Å². The molecule has 0 aromatic heterocycles. The summed E-state index contributed by atoms with van der Waals surface area (Å²) in [6, 6.07) is 20.2. The number of fused-ring (bicyclic) bond motifs is 1. The molecular formula is C26H27NO4. The van der Waals surface area contributed by atoms with E-state index in [1.165, 1.54) is 0 Å². The molecule has 5 heteroatoms. The number of nitrogens with one attached hydrogen (secondary N) is 1. The first kappa shape index (κ1) is 22.2. The number of ketones is 1. The number of hydrogen-bond acceptors (Lipinski definition) is 4. The van der Waals surface area contributed by atoms with Crippen molar-refractivity contribution in [2.45, 2.75) is 39.0 Å². The number of esters is 1. The molecule has 5 nitrogen and oxygen atoms in total. The van der Waals surface area contributed by atoms with Crippen molar-refractivity contribution in [1.29, 1.82) is 0 Å². The summed E-state index contributed by atoms with van der Waals surface area (Å²) in [5, 5.41) is 4.88. The highest BCUT2D eigenvalue weighted by Gasteiger charge is 2.12. The van der Waals surface area contributed by atoms with Gasteiger partial charge in [0.05, 0.1) is 6.42 Å². The topological polar surface area (TPSA) is 72.5 Å². The van der Waals surface area contributed by atoms with E-state index >= 15 is 0 Å². The van der Waals surface area contributed by atoms with Crippen LogP contribution in [0.5, 0.6) is 0 Å². The van der Waals surface area contributed by atoms with Crippen molar-refractivity contribution in [3.05, 3.63) is 77.9 Å². The Hall–Kier alpha value is -3.47. The first-order chi connectivity index (χ1) is 15.1. The van der Waals surface area contributed by atoms with E-state index in [1.807, 2.05) is 42.5 Å². The molecule has 3 aromatic rings. The van der Waals surface area contributed by atoms with Gasteiger partial charge in [-0.25, -0.2) is 0 Å². The average Bonchev–Trinajstić information content (AvgIpc) is 2.78. The highest BCUT2D eigenvalue weighted by molar-refractivity contribution is 5.99. The van der Waals surface area contributed by atoms with Crippen molar-refractivity contribution >= 4 is 34.1 Å². The quantitative estimate of drug-likeness (QED) is 0.275. The second-order valence-electron chi connectivity index (χ2n) is 7.48. The van der Waals surface area contributed by atoms with Crippen LogP contribution in [0.2, 0.25) is 0 Å². The largest absolute Gasteiger partial charge is 0.457 e. The van der Waals surface area contributed by atoms with Crippen LogP contribution < -0.4 is 5.32 Å². The zero-order valence-corrected chi connectivity index (χ0v) is 17.7. The van der Waals surface area contributed by atoms with Crippen LogP contribution in [0, 0.1) is 0 Å². The van der Waals surface area contributed by atoms with Gasteiger partial charge in [0.2, 0.25) is 5.91 Å². The fraction of sp³-hybridized carbons (Fsp3) is 0.269. The van der Waals surface area contributed by atoms with Crippen molar-refractivity contribution in [2.75, 3.05) is 11.9 Å². The summed E-state index contributed by atoms with van der Waals surface area (Å²) in [7, 11) is 0. The van der Waals surface area contributed by atoms with E-state index in [9.17, 15) is 14.4 Å². The Bertz CT molecular complexity index is 1050. The van der Waals surface area contributed by atoms with E-state index in [-0.39, 0.29) is 24.7 Å². The molecule has 1 amide bonds. The third-order valence-corrected chi connectivity index (χ3v) is 5.08. The number of hydrogen-bond donors (Lipinski definition) is 1. The molecule has 0 atom stereocenters. The molecule has 0 heterocycles. The van der Waals surface area contributed by atoms with Crippen LogP contribution in [-0.2, 0) is 20.7 Å². The van der Waals surface area contributed by atoms with Crippen molar-refractivity contribution < 1.29 is 19.1 Å². The molecule has 0 fully saturated rings. The standard InChI is InChI=1S/C26H27NO4/c1-2-3-4-12-25(29)27-22-15-13-20(14-16-22)24(28)18-31-26(30)17-21-10-7-9-19-8-5-6-11-23(19)21/h5-11,13-16H,2-4,12,17-18H2,1H3,(H,27,29). The lowest BCUT2D eigenvalue weighted by Gasteiger charge is -2.08. The van der Waals surface area contributed by atoms with E-state index in [0.29, 0.717) is 17.7 Å². The molecule has 160 valence electrons. The van der Waals surface area contributed by atoms with Gasteiger partial charge in [0, 0.05) is 17.7 Å². The molecule has 0 unspecified atom stereocenters. The molecule has 3 aromatic carbocycles. The molecule has 1 N–H and O–H groups in total. The number of rotatable bonds is 10. The average molecular weight is 418 g/mol. The predicted molar refractivity (Wildman–Crippen MR) is 122 cm³/mol. The number of benzene rings is 3. The highest BCUT2D eigenvalue weighted by atomic mass is 16.5. The third-order valence-electron chi connectivity index (χ3n) is 5.08. The van der Waals surface area contributed by atoms with Gasteiger partial charge in [0.15, 0.2) is 12.4 Å². The Labute approximate surface area is 182 Å². The minimum absolute atomic E-state index is 0.0325. The number of amides is 1.